The molecule has 122 valence electrons. The Morgan fingerprint density at radius 1 is 1.14 bits per heavy atom. The number of nitrogens with two attached hydrogens (primary N) is 1. The van der Waals surface area contributed by atoms with Gasteiger partial charge >= 0.3 is 0 Å². The van der Waals surface area contributed by atoms with Gasteiger partial charge in [-0.25, -0.2) is 0 Å². The highest BCUT2D eigenvalue weighted by Gasteiger charge is 2.03. The van der Waals surface area contributed by atoms with Gasteiger partial charge in [0.15, 0.2) is 5.96 Å². The Kier molecular flexibility index (Phi) is 9.07. The molecule has 0 bridgehead atoms. The number of hydrogen-bond acceptors (Lipinski definition) is 2. The number of guanidine groups is 1. The van der Waals surface area contributed by atoms with Gasteiger partial charge in [-0.15, -0.1) is 0 Å². The van der Waals surface area contributed by atoms with Gasteiger partial charge in [-0.1, -0.05) is 37.8 Å². The van der Waals surface area contributed by atoms with E-state index >= 15 is 0 Å². The van der Waals surface area contributed by atoms with Crippen molar-refractivity contribution in [2.45, 2.75) is 32.6 Å². The topological polar surface area (TPSA) is 79.5 Å². The maximum Gasteiger partial charge on any atom is 0.251 e. The molecule has 0 aliphatic heterocycles. The van der Waals surface area contributed by atoms with Crippen molar-refractivity contribution in [1.82, 2.24) is 10.6 Å². The van der Waals surface area contributed by atoms with Gasteiger partial charge in [-0.3, -0.25) is 9.79 Å². The summed E-state index contributed by atoms with van der Waals surface area (Å²) in [5.41, 5.74) is 6.33. The molecule has 1 aromatic carbocycles. The number of hydrogen-bond donors (Lipinski definition) is 3. The van der Waals surface area contributed by atoms with Crippen LogP contribution in [0.3, 0.4) is 0 Å². The van der Waals surface area contributed by atoms with Crippen molar-refractivity contribution in [3.8, 4) is 0 Å². The number of rotatable bonds is 9. The predicted molar refractivity (Wildman–Crippen MR) is 92.4 cm³/mol. The van der Waals surface area contributed by atoms with Crippen LogP contribution < -0.4 is 16.4 Å². The van der Waals surface area contributed by atoms with Crippen LogP contribution in [0.4, 0.5) is 0 Å². The first kappa shape index (κ1) is 18.3. The van der Waals surface area contributed by atoms with Crippen molar-refractivity contribution in [3.63, 3.8) is 0 Å². The summed E-state index contributed by atoms with van der Waals surface area (Å²) in [6, 6.07) is 6.77. The first-order chi connectivity index (χ1) is 10.6. The molecule has 1 rings (SSSR count). The third-order valence-corrected chi connectivity index (χ3v) is 3.37. The first-order valence-corrected chi connectivity index (χ1v) is 8.09. The molecule has 0 radical (unpaired) electrons. The highest BCUT2D eigenvalue weighted by molar-refractivity contribution is 6.30. The Hall–Kier alpha value is -1.75. The number of benzene rings is 1. The highest BCUT2D eigenvalue weighted by atomic mass is 35.5. The van der Waals surface area contributed by atoms with Crippen molar-refractivity contribution in [2.75, 3.05) is 19.6 Å². The zero-order chi connectivity index (χ0) is 16.2. The highest BCUT2D eigenvalue weighted by Crippen LogP contribution is 2.09. The molecule has 0 fully saturated rings. The quantitative estimate of drug-likeness (QED) is 0.371. The number of aliphatic imine (C=N–C) groups is 1. The van der Waals surface area contributed by atoms with Crippen molar-refractivity contribution < 1.29 is 4.79 Å². The SMILES string of the molecule is CCCCCCN=C(N)NCCNC(=O)c1ccc(Cl)cc1. The van der Waals surface area contributed by atoms with E-state index in [0.29, 0.717) is 29.6 Å². The smallest absolute Gasteiger partial charge is 0.251 e. The fourth-order valence-corrected chi connectivity index (χ4v) is 1.99. The molecule has 0 heterocycles. The number of nitrogens with one attached hydrogen (secondary N) is 2. The summed E-state index contributed by atoms with van der Waals surface area (Å²) in [7, 11) is 0. The Balaban J connectivity index is 2.15. The summed E-state index contributed by atoms with van der Waals surface area (Å²) in [6.07, 6.45) is 4.69. The van der Waals surface area contributed by atoms with E-state index in [4.69, 9.17) is 17.3 Å². The van der Waals surface area contributed by atoms with Crippen LogP contribution in [0.15, 0.2) is 29.3 Å². The van der Waals surface area contributed by atoms with Crippen LogP contribution in [0.2, 0.25) is 5.02 Å². The number of unbranched alkanes of at least 4 members (excludes halogenated alkanes) is 3. The van der Waals surface area contributed by atoms with Crippen LogP contribution in [0.1, 0.15) is 43.0 Å². The molecule has 0 saturated heterocycles. The second-order valence-corrected chi connectivity index (χ2v) is 5.45. The Labute approximate surface area is 137 Å². The Bertz CT molecular complexity index is 474. The largest absolute Gasteiger partial charge is 0.370 e. The van der Waals surface area contributed by atoms with Crippen LogP contribution in [0.25, 0.3) is 0 Å². The van der Waals surface area contributed by atoms with Gasteiger partial charge in [0.2, 0.25) is 0 Å². The molecule has 0 aromatic heterocycles. The minimum absolute atomic E-state index is 0.131. The van der Waals surface area contributed by atoms with Crippen LogP contribution in [0, 0.1) is 0 Å². The van der Waals surface area contributed by atoms with Gasteiger partial charge in [0.25, 0.3) is 5.91 Å². The normalized spacial score (nSPS) is 11.3. The van der Waals surface area contributed by atoms with E-state index in [1.165, 1.54) is 19.3 Å². The van der Waals surface area contributed by atoms with Gasteiger partial charge in [-0.2, -0.15) is 0 Å². The summed E-state index contributed by atoms with van der Waals surface area (Å²) in [5.74, 6) is 0.297. The molecule has 0 saturated carbocycles. The molecule has 6 heteroatoms. The van der Waals surface area contributed by atoms with Crippen LogP contribution >= 0.6 is 11.6 Å². The summed E-state index contributed by atoms with van der Waals surface area (Å²) in [4.78, 5) is 16.1. The number of amides is 1. The second kappa shape index (κ2) is 10.9. The summed E-state index contributed by atoms with van der Waals surface area (Å²) < 4.78 is 0. The Morgan fingerprint density at radius 3 is 2.50 bits per heavy atom. The molecular weight excluding hydrogens is 300 g/mol. The van der Waals surface area contributed by atoms with E-state index < -0.39 is 0 Å². The lowest BCUT2D eigenvalue weighted by molar-refractivity contribution is 0.0954. The Morgan fingerprint density at radius 2 is 1.82 bits per heavy atom. The zero-order valence-corrected chi connectivity index (χ0v) is 13.8. The van der Waals surface area contributed by atoms with Crippen molar-refractivity contribution >= 4 is 23.5 Å². The summed E-state index contributed by atoms with van der Waals surface area (Å²) in [6.45, 7) is 3.95. The first-order valence-electron chi connectivity index (χ1n) is 7.71. The second-order valence-electron chi connectivity index (χ2n) is 5.02. The molecule has 4 N–H and O–H groups in total. The molecule has 0 unspecified atom stereocenters. The zero-order valence-electron chi connectivity index (χ0n) is 13.1. The van der Waals surface area contributed by atoms with E-state index in [1.807, 2.05) is 0 Å². The molecule has 0 spiro atoms. The van der Waals surface area contributed by atoms with E-state index in [9.17, 15) is 4.79 Å². The van der Waals surface area contributed by atoms with Gasteiger partial charge < -0.3 is 16.4 Å². The predicted octanol–water partition coefficient (Wildman–Crippen LogP) is 2.55. The van der Waals surface area contributed by atoms with E-state index in [2.05, 4.69) is 22.5 Å². The van der Waals surface area contributed by atoms with Crippen molar-refractivity contribution in [2.24, 2.45) is 10.7 Å². The van der Waals surface area contributed by atoms with Gasteiger partial charge in [0.1, 0.15) is 0 Å². The number of carbonyl (C=O) groups is 1. The minimum Gasteiger partial charge on any atom is -0.370 e. The lowest BCUT2D eigenvalue weighted by atomic mass is 10.2. The third-order valence-electron chi connectivity index (χ3n) is 3.12. The van der Waals surface area contributed by atoms with Gasteiger partial charge in [0, 0.05) is 30.2 Å². The molecule has 1 aromatic rings. The fraction of sp³-hybridized carbons (Fsp3) is 0.500. The number of halogens is 1. The maximum atomic E-state index is 11.8. The molecule has 0 atom stereocenters. The van der Waals surface area contributed by atoms with Crippen molar-refractivity contribution in [1.29, 1.82) is 0 Å². The summed E-state index contributed by atoms with van der Waals surface area (Å²) in [5, 5.41) is 6.40. The fourth-order valence-electron chi connectivity index (χ4n) is 1.86. The van der Waals surface area contributed by atoms with Gasteiger partial charge in [-0.05, 0) is 30.7 Å². The van der Waals surface area contributed by atoms with E-state index in [1.54, 1.807) is 24.3 Å². The summed E-state index contributed by atoms with van der Waals surface area (Å²) >= 11 is 5.78. The third kappa shape index (κ3) is 7.88. The van der Waals surface area contributed by atoms with E-state index in [-0.39, 0.29) is 5.91 Å². The number of carbonyl (C=O) groups excluding carboxylic acids is 1. The molecular formula is C16H25ClN4O. The lowest BCUT2D eigenvalue weighted by Crippen LogP contribution is -2.38. The van der Waals surface area contributed by atoms with Crippen LogP contribution in [-0.2, 0) is 0 Å². The molecule has 1 amide bonds. The molecule has 0 aliphatic carbocycles. The minimum atomic E-state index is -0.131. The molecule has 22 heavy (non-hydrogen) atoms. The monoisotopic (exact) mass is 324 g/mol. The van der Waals surface area contributed by atoms with Gasteiger partial charge in [0.05, 0.1) is 0 Å². The average Bonchev–Trinajstić information content (AvgIpc) is 2.52. The van der Waals surface area contributed by atoms with Crippen LogP contribution in [-0.4, -0.2) is 31.5 Å². The lowest BCUT2D eigenvalue weighted by Gasteiger charge is -2.07. The van der Waals surface area contributed by atoms with E-state index in [0.717, 1.165) is 13.0 Å². The molecule has 0 aliphatic rings. The average molecular weight is 325 g/mol. The number of nitrogens with zero attached hydrogens (tertiary/aromatic N) is 1. The van der Waals surface area contributed by atoms with Crippen LogP contribution in [0.5, 0.6) is 0 Å². The van der Waals surface area contributed by atoms with Crippen molar-refractivity contribution in [3.05, 3.63) is 34.9 Å². The maximum absolute atomic E-state index is 11.8. The molecule has 5 nitrogen and oxygen atoms in total. The standard InChI is InChI=1S/C16H25ClN4O/c1-2-3-4-5-10-20-16(18)21-12-11-19-15(22)13-6-8-14(17)9-7-13/h6-9H,2-5,10-12H2,1H3,(H,19,22)(H3,18,20,21).